The van der Waals surface area contributed by atoms with Crippen molar-refractivity contribution >= 4 is 11.9 Å². The summed E-state index contributed by atoms with van der Waals surface area (Å²) in [6, 6.07) is 22.4. The van der Waals surface area contributed by atoms with Gasteiger partial charge in [0.05, 0.1) is 0 Å². The maximum absolute atomic E-state index is 11.2. The van der Waals surface area contributed by atoms with E-state index in [0.29, 0.717) is 11.5 Å². The van der Waals surface area contributed by atoms with Crippen molar-refractivity contribution in [1.82, 2.24) is 0 Å². The molecule has 0 aliphatic rings. The largest absolute Gasteiger partial charge is 0.454 e. The molecule has 0 N–H and O–H groups in total. The standard InChI is InChI=1S/C24H16O4.C2H6.3Y/c1-3-23(25)27-21-13-9-19(10-14-21)17-5-7-18(8-6-17)20-11-15-22(16-12-20)28-24(26)4-2;1-2;;;/h5-16H,1-2H2;1-2H3;;;/q-2;;;;. The van der Waals surface area contributed by atoms with E-state index in [9.17, 15) is 9.59 Å². The molecule has 4 nitrogen and oxygen atoms in total. The second-order valence-corrected chi connectivity index (χ2v) is 5.76. The summed E-state index contributed by atoms with van der Waals surface area (Å²) in [6.45, 7) is 10.5. The first-order chi connectivity index (χ1) is 14.6. The summed E-state index contributed by atoms with van der Waals surface area (Å²) in [4.78, 5) is 22.3. The predicted octanol–water partition coefficient (Wildman–Crippen LogP) is 5.83. The third-order valence-corrected chi connectivity index (χ3v) is 3.97. The van der Waals surface area contributed by atoms with Crippen LogP contribution in [0.25, 0.3) is 22.3 Å². The van der Waals surface area contributed by atoms with Crippen molar-refractivity contribution in [1.29, 1.82) is 0 Å². The van der Waals surface area contributed by atoms with Crippen molar-refractivity contribution in [3.63, 3.8) is 0 Å². The van der Waals surface area contributed by atoms with Crippen LogP contribution in [0.1, 0.15) is 13.8 Å². The van der Waals surface area contributed by atoms with E-state index in [0.717, 1.165) is 22.3 Å². The van der Waals surface area contributed by atoms with Crippen LogP contribution >= 0.6 is 0 Å². The fourth-order valence-corrected chi connectivity index (χ4v) is 2.57. The Bertz CT molecular complexity index is 928. The number of hydrogen-bond donors (Lipinski definition) is 0. The minimum Gasteiger partial charge on any atom is -0.454 e. The Labute approximate surface area is 271 Å². The molecule has 0 spiro atoms. The molecule has 7 heteroatoms. The molecule has 3 aromatic carbocycles. The summed E-state index contributed by atoms with van der Waals surface area (Å²) in [6.07, 6.45) is 4.31. The molecule has 3 aromatic rings. The Morgan fingerprint density at radius 1 is 0.545 bits per heavy atom. The molecule has 0 bridgehead atoms. The third kappa shape index (κ3) is 11.1. The van der Waals surface area contributed by atoms with Crippen molar-refractivity contribution in [3.05, 3.63) is 98.1 Å². The first kappa shape index (κ1) is 34.6. The van der Waals surface area contributed by atoms with Gasteiger partial charge in [-0.05, 0) is 46.5 Å². The van der Waals surface area contributed by atoms with E-state index in [1.807, 2.05) is 62.4 Å². The molecule has 0 amide bonds. The Hall–Kier alpha value is -0.608. The van der Waals surface area contributed by atoms with E-state index in [1.54, 1.807) is 24.3 Å². The molecule has 33 heavy (non-hydrogen) atoms. The van der Waals surface area contributed by atoms with Crippen molar-refractivity contribution < 1.29 is 117 Å². The second-order valence-electron chi connectivity index (χ2n) is 5.76. The van der Waals surface area contributed by atoms with Gasteiger partial charge in [0, 0.05) is 98.1 Å². The number of carbonyl (C=O) groups excluding carboxylic acids is 2. The van der Waals surface area contributed by atoms with E-state index in [-0.39, 0.29) is 98.1 Å². The predicted molar refractivity (Wildman–Crippen MR) is 118 cm³/mol. The quantitative estimate of drug-likeness (QED) is 0.144. The Morgan fingerprint density at radius 3 is 0.970 bits per heavy atom. The van der Waals surface area contributed by atoms with Gasteiger partial charge in [0.25, 0.3) is 0 Å². The van der Waals surface area contributed by atoms with Gasteiger partial charge >= 0.3 is 0 Å². The zero-order valence-electron chi connectivity index (χ0n) is 18.7. The van der Waals surface area contributed by atoms with Crippen LogP contribution in [0.5, 0.6) is 11.5 Å². The van der Waals surface area contributed by atoms with Crippen LogP contribution in [0, 0.1) is 12.2 Å². The maximum atomic E-state index is 11.2. The minimum atomic E-state index is -0.611. The van der Waals surface area contributed by atoms with Gasteiger partial charge in [-0.3, -0.25) is 22.7 Å². The normalized spacial score (nSPS) is 8.67. The third-order valence-electron chi connectivity index (χ3n) is 3.97. The molecule has 0 atom stereocenters. The maximum Gasteiger partial charge on any atom is 0.155 e. The van der Waals surface area contributed by atoms with Crippen LogP contribution < -0.4 is 9.47 Å². The van der Waals surface area contributed by atoms with Gasteiger partial charge in [0.1, 0.15) is 11.5 Å². The van der Waals surface area contributed by atoms with Crippen LogP contribution in [-0.4, -0.2) is 11.9 Å². The van der Waals surface area contributed by atoms with Crippen molar-refractivity contribution in [2.75, 3.05) is 0 Å². The number of hydrogen-bond acceptors (Lipinski definition) is 4. The molecular weight excluding hydrogens is 643 g/mol. The summed E-state index contributed by atoms with van der Waals surface area (Å²) >= 11 is 0. The molecule has 0 fully saturated rings. The molecule has 3 radical (unpaired) electrons. The number of benzene rings is 3. The summed E-state index contributed by atoms with van der Waals surface area (Å²) < 4.78 is 10.0. The minimum absolute atomic E-state index is 0. The monoisotopic (exact) mass is 665 g/mol. The van der Waals surface area contributed by atoms with Crippen molar-refractivity contribution in [3.8, 4) is 33.8 Å². The molecule has 0 aliphatic carbocycles. The molecule has 0 saturated heterocycles. The van der Waals surface area contributed by atoms with Crippen LogP contribution in [0.2, 0.25) is 0 Å². The van der Waals surface area contributed by atoms with Gasteiger partial charge in [-0.2, -0.15) is 0 Å². The summed E-state index contributed by atoms with van der Waals surface area (Å²) in [5, 5.41) is 0. The Kier molecular flexibility index (Phi) is 19.6. The van der Waals surface area contributed by atoms with Crippen LogP contribution in [0.4, 0.5) is 0 Å². The summed E-state index contributed by atoms with van der Waals surface area (Å²) in [5.74, 6) is -0.339. The van der Waals surface area contributed by atoms with Crippen LogP contribution in [-0.2, 0) is 108 Å². The van der Waals surface area contributed by atoms with E-state index >= 15 is 0 Å². The average Bonchev–Trinajstić information content (AvgIpc) is 2.81. The smallest absolute Gasteiger partial charge is 0.155 e. The topological polar surface area (TPSA) is 52.6 Å². The van der Waals surface area contributed by atoms with Gasteiger partial charge < -0.3 is 21.6 Å². The zero-order chi connectivity index (χ0) is 21.9. The van der Waals surface area contributed by atoms with Gasteiger partial charge in [-0.25, -0.2) is 0 Å². The number of ether oxygens (including phenoxy) is 2. The van der Waals surface area contributed by atoms with Crippen molar-refractivity contribution in [2.45, 2.75) is 13.8 Å². The second kappa shape index (κ2) is 18.7. The fraction of sp³-hybridized carbons (Fsp3) is 0.0769. The van der Waals surface area contributed by atoms with E-state index < -0.39 is 11.9 Å². The fourth-order valence-electron chi connectivity index (χ4n) is 2.57. The Morgan fingerprint density at radius 2 is 0.758 bits per heavy atom. The summed E-state index contributed by atoms with van der Waals surface area (Å²) in [5.41, 5.74) is 4.06. The van der Waals surface area contributed by atoms with Gasteiger partial charge in [0.15, 0.2) is 11.9 Å². The molecule has 0 saturated carbocycles. The zero-order valence-corrected chi connectivity index (χ0v) is 27.2. The number of esters is 2. The van der Waals surface area contributed by atoms with Gasteiger partial charge in [-0.15, -0.1) is 0 Å². The van der Waals surface area contributed by atoms with E-state index in [4.69, 9.17) is 9.47 Å². The molecule has 0 aromatic heterocycles. The van der Waals surface area contributed by atoms with E-state index in [1.165, 1.54) is 0 Å². The number of carbonyl (C=O) groups is 2. The first-order valence-corrected chi connectivity index (χ1v) is 9.40. The van der Waals surface area contributed by atoms with Crippen LogP contribution in [0.3, 0.4) is 0 Å². The molecule has 0 heterocycles. The summed E-state index contributed by atoms with van der Waals surface area (Å²) in [7, 11) is 0. The van der Waals surface area contributed by atoms with Gasteiger partial charge in [0.2, 0.25) is 0 Å². The SMILES string of the molecule is C=[C-]C(=O)Oc1ccc(-c2ccc(-c3ccc(OC(=O)[C-]=C)cc3)cc2)cc1.CC.[Y].[Y].[Y]. The van der Waals surface area contributed by atoms with Gasteiger partial charge in [-0.1, -0.05) is 62.4 Å². The molecule has 3 rings (SSSR count). The molecule has 0 aliphatic heterocycles. The van der Waals surface area contributed by atoms with Crippen LogP contribution in [0.15, 0.2) is 86.0 Å². The molecule has 161 valence electrons. The van der Waals surface area contributed by atoms with Crippen molar-refractivity contribution in [2.24, 2.45) is 0 Å². The molecular formula is C26H22O4Y3-2. The molecule has 0 unspecified atom stereocenters. The number of rotatable bonds is 6. The average molecular weight is 665 g/mol. The Balaban J connectivity index is 0. The van der Waals surface area contributed by atoms with E-state index in [2.05, 4.69) is 25.3 Å². The first-order valence-electron chi connectivity index (χ1n) is 9.40.